The highest BCUT2D eigenvalue weighted by Gasteiger charge is 2.32. The van der Waals surface area contributed by atoms with E-state index in [1.807, 2.05) is 11.9 Å². The molecule has 6 heteroatoms. The van der Waals surface area contributed by atoms with Gasteiger partial charge in [-0.1, -0.05) is 25.7 Å². The van der Waals surface area contributed by atoms with Crippen LogP contribution in [0.15, 0.2) is 12.1 Å². The van der Waals surface area contributed by atoms with Gasteiger partial charge in [-0.15, -0.1) is 0 Å². The number of pyridine rings is 1. The Morgan fingerprint density at radius 2 is 1.76 bits per heavy atom. The number of rotatable bonds is 3. The Morgan fingerprint density at radius 3 is 2.29 bits per heavy atom. The first kappa shape index (κ1) is 15.9. The molecule has 118 valence electrons. The van der Waals surface area contributed by atoms with E-state index in [-0.39, 0.29) is 11.9 Å². The maximum atomic E-state index is 13.0. The summed E-state index contributed by atoms with van der Waals surface area (Å²) >= 11 is 0. The minimum Gasteiger partial charge on any atom is -0.373 e. The van der Waals surface area contributed by atoms with Crippen molar-refractivity contribution in [1.29, 1.82) is 0 Å². The molecule has 3 nitrogen and oxygen atoms in total. The fraction of sp³-hybridized carbons (Fsp3) is 0.667. The van der Waals surface area contributed by atoms with Gasteiger partial charge in [0.25, 0.3) is 0 Å². The minimum atomic E-state index is -4.35. The number of nitrogens with zero attached hydrogens (tertiary/aromatic N) is 2. The summed E-state index contributed by atoms with van der Waals surface area (Å²) in [6.07, 6.45) is 2.37. The smallest absolute Gasteiger partial charge is 0.373 e. The van der Waals surface area contributed by atoms with E-state index >= 15 is 0 Å². The van der Waals surface area contributed by atoms with Crippen LogP contribution in [0.2, 0.25) is 0 Å². The molecule has 0 bridgehead atoms. The monoisotopic (exact) mass is 301 g/mol. The van der Waals surface area contributed by atoms with E-state index in [0.29, 0.717) is 5.82 Å². The van der Waals surface area contributed by atoms with Gasteiger partial charge in [-0.3, -0.25) is 0 Å². The molecule has 0 amide bonds. The van der Waals surface area contributed by atoms with Gasteiger partial charge in [-0.05, 0) is 25.0 Å². The summed E-state index contributed by atoms with van der Waals surface area (Å²) in [7, 11) is 3.43. The van der Waals surface area contributed by atoms with Crippen molar-refractivity contribution in [1.82, 2.24) is 4.98 Å². The Kier molecular flexibility index (Phi) is 4.96. The van der Waals surface area contributed by atoms with E-state index in [2.05, 4.69) is 10.3 Å². The lowest BCUT2D eigenvalue weighted by atomic mass is 10.1. The Bertz CT molecular complexity index is 466. The summed E-state index contributed by atoms with van der Waals surface area (Å²) in [5, 5.41) is 2.71. The Balaban J connectivity index is 2.28. The molecule has 0 atom stereocenters. The molecule has 0 saturated heterocycles. The van der Waals surface area contributed by atoms with Gasteiger partial charge in [0.1, 0.15) is 11.6 Å². The zero-order chi connectivity index (χ0) is 15.5. The molecule has 1 fully saturated rings. The van der Waals surface area contributed by atoms with Crippen molar-refractivity contribution >= 4 is 11.6 Å². The number of halogens is 3. The quantitative estimate of drug-likeness (QED) is 0.844. The molecule has 2 rings (SSSR count). The number of hydrogen-bond donors (Lipinski definition) is 1. The molecule has 0 radical (unpaired) electrons. The van der Waals surface area contributed by atoms with Crippen molar-refractivity contribution < 1.29 is 13.2 Å². The third kappa shape index (κ3) is 4.02. The van der Waals surface area contributed by atoms with E-state index in [4.69, 9.17) is 0 Å². The molecule has 1 aliphatic rings. The molecule has 0 aromatic carbocycles. The van der Waals surface area contributed by atoms with Crippen LogP contribution in [0.1, 0.15) is 44.1 Å². The number of aromatic nitrogens is 1. The van der Waals surface area contributed by atoms with E-state index in [1.165, 1.54) is 12.8 Å². The third-order valence-electron chi connectivity index (χ3n) is 4.13. The van der Waals surface area contributed by atoms with Crippen molar-refractivity contribution in [2.45, 2.75) is 50.7 Å². The van der Waals surface area contributed by atoms with Gasteiger partial charge < -0.3 is 10.2 Å². The molecule has 0 spiro atoms. The predicted molar refractivity (Wildman–Crippen MR) is 78.7 cm³/mol. The van der Waals surface area contributed by atoms with Crippen LogP contribution in [0.5, 0.6) is 0 Å². The second kappa shape index (κ2) is 6.54. The van der Waals surface area contributed by atoms with Crippen molar-refractivity contribution in [3.63, 3.8) is 0 Å². The van der Waals surface area contributed by atoms with Crippen LogP contribution in [-0.4, -0.2) is 25.1 Å². The van der Waals surface area contributed by atoms with E-state index in [1.54, 1.807) is 7.05 Å². The topological polar surface area (TPSA) is 28.2 Å². The largest absolute Gasteiger partial charge is 0.416 e. The Hall–Kier alpha value is -1.46. The second-order valence-electron chi connectivity index (χ2n) is 5.60. The molecule has 1 aliphatic carbocycles. The van der Waals surface area contributed by atoms with Gasteiger partial charge >= 0.3 is 6.18 Å². The highest BCUT2D eigenvalue weighted by Crippen LogP contribution is 2.34. The average molecular weight is 301 g/mol. The zero-order valence-corrected chi connectivity index (χ0v) is 12.5. The zero-order valence-electron chi connectivity index (χ0n) is 12.5. The van der Waals surface area contributed by atoms with Gasteiger partial charge in [0.05, 0.1) is 5.56 Å². The third-order valence-corrected chi connectivity index (χ3v) is 4.13. The molecule has 1 saturated carbocycles. The number of alkyl halides is 3. The molecule has 0 unspecified atom stereocenters. The summed E-state index contributed by atoms with van der Waals surface area (Å²) in [4.78, 5) is 6.19. The molecule has 1 aromatic rings. The van der Waals surface area contributed by atoms with E-state index < -0.39 is 11.7 Å². The first-order valence-electron chi connectivity index (χ1n) is 7.41. The summed E-state index contributed by atoms with van der Waals surface area (Å²) in [6, 6.07) is 2.46. The fourth-order valence-corrected chi connectivity index (χ4v) is 2.82. The maximum Gasteiger partial charge on any atom is 0.416 e. The van der Waals surface area contributed by atoms with Crippen molar-refractivity contribution in [2.24, 2.45) is 0 Å². The van der Waals surface area contributed by atoms with Gasteiger partial charge in [-0.25, -0.2) is 4.98 Å². The molecular weight excluding hydrogens is 279 g/mol. The summed E-state index contributed by atoms with van der Waals surface area (Å²) in [5.74, 6) is 0.640. The van der Waals surface area contributed by atoms with Crippen molar-refractivity contribution in [3.05, 3.63) is 17.7 Å². The first-order valence-corrected chi connectivity index (χ1v) is 7.41. The highest BCUT2D eigenvalue weighted by atomic mass is 19.4. The fourth-order valence-electron chi connectivity index (χ4n) is 2.82. The lowest BCUT2D eigenvalue weighted by Crippen LogP contribution is -2.32. The molecule has 1 heterocycles. The van der Waals surface area contributed by atoms with Crippen molar-refractivity contribution in [2.75, 3.05) is 24.3 Å². The second-order valence-corrected chi connectivity index (χ2v) is 5.60. The summed E-state index contributed by atoms with van der Waals surface area (Å²) in [5.41, 5.74) is -0.655. The van der Waals surface area contributed by atoms with Crippen molar-refractivity contribution in [3.8, 4) is 0 Å². The standard InChI is InChI=1S/C15H22F3N3/c1-19-13-9-11(15(16,17)18)10-14(20-13)21(2)12-7-5-3-4-6-8-12/h9-10,12H,3-8H2,1-2H3,(H,19,20). The van der Waals surface area contributed by atoms with Crippen LogP contribution in [0.25, 0.3) is 0 Å². The van der Waals surface area contributed by atoms with Crippen LogP contribution in [0, 0.1) is 0 Å². The molecule has 0 aliphatic heterocycles. The SMILES string of the molecule is CNc1cc(C(F)(F)F)cc(N(C)C2CCCCCC2)n1. The van der Waals surface area contributed by atoms with Crippen LogP contribution in [-0.2, 0) is 6.18 Å². The van der Waals surface area contributed by atoms with Crippen LogP contribution in [0.4, 0.5) is 24.8 Å². The molecule has 1 N–H and O–H groups in total. The van der Waals surface area contributed by atoms with E-state index in [0.717, 1.165) is 37.8 Å². The van der Waals surface area contributed by atoms with Gasteiger partial charge in [-0.2, -0.15) is 13.2 Å². The number of nitrogens with one attached hydrogen (secondary N) is 1. The average Bonchev–Trinajstić information content (AvgIpc) is 2.74. The van der Waals surface area contributed by atoms with Gasteiger partial charge in [0, 0.05) is 20.1 Å². The minimum absolute atomic E-state index is 0.250. The first-order chi connectivity index (χ1) is 9.91. The Labute approximate surface area is 123 Å². The number of anilines is 2. The van der Waals surface area contributed by atoms with Gasteiger partial charge in [0.2, 0.25) is 0 Å². The van der Waals surface area contributed by atoms with Crippen LogP contribution in [0.3, 0.4) is 0 Å². The lowest BCUT2D eigenvalue weighted by molar-refractivity contribution is -0.137. The Morgan fingerprint density at radius 1 is 1.14 bits per heavy atom. The van der Waals surface area contributed by atoms with Crippen LogP contribution < -0.4 is 10.2 Å². The van der Waals surface area contributed by atoms with Crippen LogP contribution >= 0.6 is 0 Å². The maximum absolute atomic E-state index is 13.0. The molecule has 1 aromatic heterocycles. The van der Waals surface area contributed by atoms with Gasteiger partial charge in [0.15, 0.2) is 0 Å². The normalized spacial score (nSPS) is 17.4. The summed E-state index contributed by atoms with van der Waals surface area (Å²) < 4.78 is 38.9. The lowest BCUT2D eigenvalue weighted by Gasteiger charge is -2.29. The molecule has 21 heavy (non-hydrogen) atoms. The highest BCUT2D eigenvalue weighted by molar-refractivity contribution is 5.51. The molecular formula is C15H22F3N3. The van der Waals surface area contributed by atoms with E-state index in [9.17, 15) is 13.2 Å². The summed E-state index contributed by atoms with van der Waals surface area (Å²) in [6.45, 7) is 0. The predicted octanol–water partition coefficient (Wildman–Crippen LogP) is 4.30. The number of hydrogen-bond acceptors (Lipinski definition) is 3.